The quantitative estimate of drug-likeness (QED) is 0.793. The Kier molecular flexibility index (Phi) is 4.16. The second-order valence-electron chi connectivity index (χ2n) is 6.71. The van der Waals surface area contributed by atoms with E-state index >= 15 is 0 Å². The van der Waals surface area contributed by atoms with E-state index in [4.69, 9.17) is 0 Å². The van der Waals surface area contributed by atoms with Crippen LogP contribution in [-0.2, 0) is 9.59 Å². The molecule has 2 aliphatic rings. The Hall–Kier alpha value is -3.15. The summed E-state index contributed by atoms with van der Waals surface area (Å²) in [7, 11) is 0. The molecule has 6 heteroatoms. The van der Waals surface area contributed by atoms with Crippen LogP contribution in [0, 0.1) is 0 Å². The number of carbonyl (C=O) groups excluding carboxylic acids is 3. The minimum Gasteiger partial charge on any atom is -0.349 e. The molecule has 0 bridgehead atoms. The molecule has 1 aliphatic carbocycles. The molecule has 1 aliphatic heterocycles. The zero-order chi connectivity index (χ0) is 18.1. The molecule has 26 heavy (non-hydrogen) atoms. The van der Waals surface area contributed by atoms with Crippen LogP contribution in [0.1, 0.15) is 41.1 Å². The first-order chi connectivity index (χ1) is 12.6. The summed E-state index contributed by atoms with van der Waals surface area (Å²) >= 11 is 0. The van der Waals surface area contributed by atoms with Crippen molar-refractivity contribution >= 4 is 29.1 Å². The van der Waals surface area contributed by atoms with Gasteiger partial charge in [0.05, 0.1) is 5.92 Å². The van der Waals surface area contributed by atoms with Crippen LogP contribution < -0.4 is 16.0 Å². The maximum atomic E-state index is 12.7. The lowest BCUT2D eigenvalue weighted by Gasteiger charge is -2.24. The van der Waals surface area contributed by atoms with E-state index in [1.165, 1.54) is 0 Å². The predicted molar refractivity (Wildman–Crippen MR) is 98.0 cm³/mol. The molecule has 4 rings (SSSR count). The monoisotopic (exact) mass is 349 g/mol. The average molecular weight is 349 g/mol. The molecule has 2 aromatic rings. The van der Waals surface area contributed by atoms with Gasteiger partial charge in [-0.05, 0) is 48.7 Å². The fourth-order valence-corrected chi connectivity index (χ4v) is 3.08. The number of amides is 3. The first-order valence-electron chi connectivity index (χ1n) is 8.71. The molecule has 3 amide bonds. The van der Waals surface area contributed by atoms with Crippen molar-refractivity contribution in [3.63, 3.8) is 0 Å². The zero-order valence-corrected chi connectivity index (χ0v) is 14.1. The van der Waals surface area contributed by atoms with Crippen LogP contribution in [0.3, 0.4) is 0 Å². The maximum absolute atomic E-state index is 12.7. The predicted octanol–water partition coefficient (Wildman–Crippen LogP) is 2.64. The third-order valence-electron chi connectivity index (χ3n) is 4.64. The van der Waals surface area contributed by atoms with Gasteiger partial charge in [-0.15, -0.1) is 0 Å². The van der Waals surface area contributed by atoms with Gasteiger partial charge in [0.2, 0.25) is 11.8 Å². The summed E-state index contributed by atoms with van der Waals surface area (Å²) < 4.78 is 0. The number of rotatable bonds is 4. The molecule has 0 aromatic heterocycles. The molecule has 0 saturated heterocycles. The number of nitrogens with one attached hydrogen (secondary N) is 3. The highest BCUT2D eigenvalue weighted by Gasteiger charge is 2.30. The van der Waals surface area contributed by atoms with Gasteiger partial charge in [0.1, 0.15) is 0 Å². The van der Waals surface area contributed by atoms with Crippen molar-refractivity contribution in [2.45, 2.75) is 31.2 Å². The third-order valence-corrected chi connectivity index (χ3v) is 4.64. The molecule has 6 nitrogen and oxygen atoms in total. The molecule has 132 valence electrons. The first-order valence-corrected chi connectivity index (χ1v) is 8.71. The summed E-state index contributed by atoms with van der Waals surface area (Å²) in [6.07, 6.45) is 2.19. The fourth-order valence-electron chi connectivity index (χ4n) is 3.08. The lowest BCUT2D eigenvalue weighted by atomic mass is 9.90. The van der Waals surface area contributed by atoms with Crippen LogP contribution in [0.4, 0.5) is 11.4 Å². The minimum absolute atomic E-state index is 0.0942. The Bertz CT molecular complexity index is 872. The summed E-state index contributed by atoms with van der Waals surface area (Å²) in [5.41, 5.74) is 2.65. The molecule has 2 aromatic carbocycles. The molecule has 1 heterocycles. The highest BCUT2D eigenvalue weighted by molar-refractivity contribution is 6.05. The topological polar surface area (TPSA) is 87.3 Å². The van der Waals surface area contributed by atoms with Crippen LogP contribution >= 0.6 is 0 Å². The summed E-state index contributed by atoms with van der Waals surface area (Å²) in [6.45, 7) is 0. The van der Waals surface area contributed by atoms with E-state index in [-0.39, 0.29) is 24.1 Å². The Balaban J connectivity index is 1.46. The van der Waals surface area contributed by atoms with E-state index in [2.05, 4.69) is 16.0 Å². The van der Waals surface area contributed by atoms with Crippen molar-refractivity contribution < 1.29 is 14.4 Å². The van der Waals surface area contributed by atoms with Crippen LogP contribution in [0.5, 0.6) is 0 Å². The number of benzene rings is 2. The summed E-state index contributed by atoms with van der Waals surface area (Å²) in [6, 6.07) is 14.4. The summed E-state index contributed by atoms with van der Waals surface area (Å²) in [5, 5.41) is 8.55. The molecule has 1 atom stereocenters. The second-order valence-corrected chi connectivity index (χ2v) is 6.71. The van der Waals surface area contributed by atoms with Gasteiger partial charge in [0, 0.05) is 29.4 Å². The molecule has 3 N–H and O–H groups in total. The van der Waals surface area contributed by atoms with Gasteiger partial charge in [-0.2, -0.15) is 0 Å². The second kappa shape index (κ2) is 6.63. The lowest BCUT2D eigenvalue weighted by molar-refractivity contribution is -0.123. The van der Waals surface area contributed by atoms with Crippen LogP contribution in [0.15, 0.2) is 48.5 Å². The number of hydrogen-bond donors (Lipinski definition) is 3. The van der Waals surface area contributed by atoms with Gasteiger partial charge in [-0.1, -0.05) is 18.2 Å². The number of fused-ring (bicyclic) bond motifs is 1. The SMILES string of the molecule is O=C1CC(C(=O)Nc2ccc(C(=O)NC3CC3)cc2)c2ccccc2N1. The Morgan fingerprint density at radius 2 is 1.73 bits per heavy atom. The standard InChI is InChI=1S/C20H19N3O3/c24-18-11-16(15-3-1-2-4-17(15)23-18)20(26)22-13-7-5-12(6-8-13)19(25)21-14-9-10-14/h1-8,14,16H,9-11H2,(H,21,25)(H,22,26)(H,23,24). The van der Waals surface area contributed by atoms with E-state index in [1.54, 1.807) is 30.3 Å². The highest BCUT2D eigenvalue weighted by atomic mass is 16.2. The van der Waals surface area contributed by atoms with Crippen molar-refractivity contribution in [1.82, 2.24) is 5.32 Å². The van der Waals surface area contributed by atoms with E-state index in [1.807, 2.05) is 18.2 Å². The summed E-state index contributed by atoms with van der Waals surface area (Å²) in [4.78, 5) is 36.6. The van der Waals surface area contributed by atoms with E-state index in [0.717, 1.165) is 18.4 Å². The smallest absolute Gasteiger partial charge is 0.251 e. The Morgan fingerprint density at radius 3 is 2.46 bits per heavy atom. The third kappa shape index (κ3) is 3.44. The normalized spacial score (nSPS) is 18.5. The van der Waals surface area contributed by atoms with Crippen LogP contribution in [-0.4, -0.2) is 23.8 Å². The van der Waals surface area contributed by atoms with Crippen molar-refractivity contribution in [3.8, 4) is 0 Å². The van der Waals surface area contributed by atoms with Crippen LogP contribution in [0.25, 0.3) is 0 Å². The maximum Gasteiger partial charge on any atom is 0.251 e. The molecule has 1 fully saturated rings. The molecule has 0 spiro atoms. The van der Waals surface area contributed by atoms with Crippen molar-refractivity contribution in [2.24, 2.45) is 0 Å². The van der Waals surface area contributed by atoms with Gasteiger partial charge in [0.25, 0.3) is 5.91 Å². The van der Waals surface area contributed by atoms with Crippen LogP contribution in [0.2, 0.25) is 0 Å². The Morgan fingerprint density at radius 1 is 1.00 bits per heavy atom. The number of anilines is 2. The highest BCUT2D eigenvalue weighted by Crippen LogP contribution is 2.32. The molecule has 0 radical (unpaired) electrons. The van der Waals surface area contributed by atoms with Gasteiger partial charge < -0.3 is 16.0 Å². The van der Waals surface area contributed by atoms with Gasteiger partial charge >= 0.3 is 0 Å². The van der Waals surface area contributed by atoms with Gasteiger partial charge in [-0.25, -0.2) is 0 Å². The Labute approximate surface area is 151 Å². The van der Waals surface area contributed by atoms with Gasteiger partial charge in [0.15, 0.2) is 0 Å². The number of carbonyl (C=O) groups is 3. The molecular weight excluding hydrogens is 330 g/mol. The van der Waals surface area contributed by atoms with Crippen molar-refractivity contribution in [2.75, 3.05) is 10.6 Å². The van der Waals surface area contributed by atoms with E-state index in [9.17, 15) is 14.4 Å². The zero-order valence-electron chi connectivity index (χ0n) is 14.1. The molecule has 1 saturated carbocycles. The summed E-state index contributed by atoms with van der Waals surface area (Å²) in [5.74, 6) is -1.03. The lowest BCUT2D eigenvalue weighted by Crippen LogP contribution is -2.30. The fraction of sp³-hybridized carbons (Fsp3) is 0.250. The first kappa shape index (κ1) is 16.3. The van der Waals surface area contributed by atoms with Gasteiger partial charge in [-0.3, -0.25) is 14.4 Å². The van der Waals surface area contributed by atoms with Crippen molar-refractivity contribution in [3.05, 3.63) is 59.7 Å². The molecule has 1 unspecified atom stereocenters. The van der Waals surface area contributed by atoms with E-state index < -0.39 is 5.92 Å². The number of hydrogen-bond acceptors (Lipinski definition) is 3. The minimum atomic E-state index is -0.530. The van der Waals surface area contributed by atoms with Crippen molar-refractivity contribution in [1.29, 1.82) is 0 Å². The largest absolute Gasteiger partial charge is 0.349 e. The average Bonchev–Trinajstić information content (AvgIpc) is 3.45. The number of para-hydroxylation sites is 1. The molecular formula is C20H19N3O3. The van der Waals surface area contributed by atoms with E-state index in [0.29, 0.717) is 23.0 Å².